The van der Waals surface area contributed by atoms with Gasteiger partial charge in [-0.3, -0.25) is 14.4 Å². The van der Waals surface area contributed by atoms with E-state index in [0.717, 1.165) is 19.3 Å². The van der Waals surface area contributed by atoms with Crippen LogP contribution in [-0.2, 0) is 19.1 Å². The summed E-state index contributed by atoms with van der Waals surface area (Å²) < 4.78 is 6.08. The molecule has 1 aliphatic heterocycles. The van der Waals surface area contributed by atoms with E-state index in [2.05, 4.69) is 6.92 Å². The number of carboxylic acid groups (broad SMARTS) is 1. The van der Waals surface area contributed by atoms with Crippen LogP contribution in [0.5, 0.6) is 0 Å². The van der Waals surface area contributed by atoms with Gasteiger partial charge in [-0.05, 0) is 38.0 Å². The predicted octanol–water partition coefficient (Wildman–Crippen LogP) is 2.14. The van der Waals surface area contributed by atoms with Gasteiger partial charge in [0.25, 0.3) is 5.91 Å². The van der Waals surface area contributed by atoms with Crippen molar-refractivity contribution in [3.8, 4) is 0 Å². The average molecular weight is 383 g/mol. The Bertz CT molecular complexity index is 538. The number of aliphatic carboxylic acids is 1. The van der Waals surface area contributed by atoms with E-state index in [0.29, 0.717) is 31.7 Å². The molecule has 2 rings (SSSR count). The van der Waals surface area contributed by atoms with Crippen LogP contribution in [0.1, 0.15) is 58.8 Å². The molecule has 0 radical (unpaired) electrons. The van der Waals surface area contributed by atoms with Gasteiger partial charge in [0, 0.05) is 20.1 Å². The summed E-state index contributed by atoms with van der Waals surface area (Å²) in [7, 11) is 1.62. The molecule has 0 aromatic heterocycles. The molecule has 1 saturated heterocycles. The first-order valence-electron chi connectivity index (χ1n) is 10.2. The topological polar surface area (TPSA) is 87.2 Å². The predicted molar refractivity (Wildman–Crippen MR) is 101 cm³/mol. The van der Waals surface area contributed by atoms with Crippen LogP contribution in [-0.4, -0.2) is 71.6 Å². The number of likely N-dealkylation sites (N-methyl/N-ethyl adjacent to an activating group) is 1. The molecular formula is C20H34N2O5. The van der Waals surface area contributed by atoms with Crippen LogP contribution in [0.3, 0.4) is 0 Å². The minimum atomic E-state index is -0.863. The third kappa shape index (κ3) is 6.19. The van der Waals surface area contributed by atoms with Crippen LogP contribution in [0.25, 0.3) is 0 Å². The molecule has 27 heavy (non-hydrogen) atoms. The number of rotatable bonds is 7. The van der Waals surface area contributed by atoms with Crippen molar-refractivity contribution < 1.29 is 24.2 Å². The quantitative estimate of drug-likeness (QED) is 0.729. The summed E-state index contributed by atoms with van der Waals surface area (Å²) in [6.07, 6.45) is 5.76. The van der Waals surface area contributed by atoms with Crippen LogP contribution in [0.2, 0.25) is 0 Å². The number of hydrogen-bond donors (Lipinski definition) is 1. The maximum absolute atomic E-state index is 12.8. The van der Waals surface area contributed by atoms with Crippen molar-refractivity contribution in [1.82, 2.24) is 9.80 Å². The van der Waals surface area contributed by atoms with Gasteiger partial charge in [-0.2, -0.15) is 0 Å². The number of piperidine rings is 1. The smallest absolute Gasteiger partial charge is 0.308 e. The summed E-state index contributed by atoms with van der Waals surface area (Å²) >= 11 is 0. The molecule has 1 N–H and O–H groups in total. The Hall–Kier alpha value is -1.63. The highest BCUT2D eigenvalue weighted by atomic mass is 16.5. The first-order chi connectivity index (χ1) is 12.8. The molecule has 1 aliphatic carbocycles. The standard InChI is InChI=1S/C20H34N2O5/c1-4-17(27-16-9-5-7-14(2)11-16)19(24)21(3)13-18(23)22-10-6-8-15(12-22)20(25)26/h14-17H,4-13H2,1-3H3,(H,25,26). The normalized spacial score (nSPS) is 27.1. The lowest BCUT2D eigenvalue weighted by molar-refractivity contribution is -0.153. The first-order valence-corrected chi connectivity index (χ1v) is 10.2. The van der Waals surface area contributed by atoms with Crippen molar-refractivity contribution >= 4 is 17.8 Å². The Balaban J connectivity index is 1.86. The van der Waals surface area contributed by atoms with Crippen LogP contribution < -0.4 is 0 Å². The molecule has 7 heteroatoms. The molecular weight excluding hydrogens is 348 g/mol. The fraction of sp³-hybridized carbons (Fsp3) is 0.850. The molecule has 0 spiro atoms. The van der Waals surface area contributed by atoms with E-state index >= 15 is 0 Å². The SMILES string of the molecule is CCC(OC1CCCC(C)C1)C(=O)N(C)CC(=O)N1CCCC(C(=O)O)C1. The van der Waals surface area contributed by atoms with Gasteiger partial charge < -0.3 is 19.6 Å². The van der Waals surface area contributed by atoms with Crippen molar-refractivity contribution in [3.05, 3.63) is 0 Å². The van der Waals surface area contributed by atoms with Gasteiger partial charge in [-0.25, -0.2) is 0 Å². The molecule has 0 bridgehead atoms. The summed E-state index contributed by atoms with van der Waals surface area (Å²) in [5, 5.41) is 9.17. The monoisotopic (exact) mass is 382 g/mol. The molecule has 7 nitrogen and oxygen atoms in total. The Morgan fingerprint density at radius 3 is 2.59 bits per heavy atom. The Morgan fingerprint density at radius 2 is 1.96 bits per heavy atom. The lowest BCUT2D eigenvalue weighted by Crippen LogP contribution is -2.49. The van der Waals surface area contributed by atoms with Crippen LogP contribution >= 0.6 is 0 Å². The molecule has 0 aromatic rings. The summed E-state index contributed by atoms with van der Waals surface area (Å²) in [6, 6.07) is 0. The van der Waals surface area contributed by atoms with Gasteiger partial charge in [-0.15, -0.1) is 0 Å². The fourth-order valence-corrected chi connectivity index (χ4v) is 4.10. The fourth-order valence-electron chi connectivity index (χ4n) is 4.10. The zero-order valence-corrected chi connectivity index (χ0v) is 16.9. The van der Waals surface area contributed by atoms with E-state index in [4.69, 9.17) is 9.84 Å². The number of carbonyl (C=O) groups is 3. The third-order valence-corrected chi connectivity index (χ3v) is 5.76. The maximum atomic E-state index is 12.8. The molecule has 4 unspecified atom stereocenters. The van der Waals surface area contributed by atoms with Crippen molar-refractivity contribution in [2.75, 3.05) is 26.7 Å². The van der Waals surface area contributed by atoms with Gasteiger partial charge in [-0.1, -0.05) is 26.7 Å². The van der Waals surface area contributed by atoms with Crippen molar-refractivity contribution in [1.29, 1.82) is 0 Å². The zero-order valence-electron chi connectivity index (χ0n) is 16.9. The van der Waals surface area contributed by atoms with Crippen molar-refractivity contribution in [2.24, 2.45) is 11.8 Å². The first kappa shape index (κ1) is 21.7. The van der Waals surface area contributed by atoms with Crippen LogP contribution in [0, 0.1) is 11.8 Å². The van der Waals surface area contributed by atoms with Crippen LogP contribution in [0.15, 0.2) is 0 Å². The van der Waals surface area contributed by atoms with Crippen molar-refractivity contribution in [2.45, 2.75) is 71.0 Å². The number of carboxylic acids is 1. The highest BCUT2D eigenvalue weighted by Crippen LogP contribution is 2.27. The second-order valence-corrected chi connectivity index (χ2v) is 8.14. The van der Waals surface area contributed by atoms with E-state index in [-0.39, 0.29) is 31.0 Å². The number of hydrogen-bond acceptors (Lipinski definition) is 4. The van der Waals surface area contributed by atoms with Gasteiger partial charge in [0.2, 0.25) is 5.91 Å². The zero-order chi connectivity index (χ0) is 20.0. The van der Waals surface area contributed by atoms with E-state index in [1.807, 2.05) is 6.92 Å². The Labute approximate surface area is 162 Å². The second-order valence-electron chi connectivity index (χ2n) is 8.14. The van der Waals surface area contributed by atoms with E-state index in [1.54, 1.807) is 11.9 Å². The number of carbonyl (C=O) groups excluding carboxylic acids is 2. The molecule has 2 aliphatic rings. The van der Waals surface area contributed by atoms with Gasteiger partial charge >= 0.3 is 5.97 Å². The van der Waals surface area contributed by atoms with E-state index < -0.39 is 18.0 Å². The van der Waals surface area contributed by atoms with E-state index in [9.17, 15) is 14.4 Å². The lowest BCUT2D eigenvalue weighted by Gasteiger charge is -2.33. The molecule has 1 heterocycles. The molecule has 0 aromatic carbocycles. The van der Waals surface area contributed by atoms with E-state index in [1.165, 1.54) is 11.3 Å². The van der Waals surface area contributed by atoms with Gasteiger partial charge in [0.1, 0.15) is 6.10 Å². The Morgan fingerprint density at radius 1 is 1.22 bits per heavy atom. The summed E-state index contributed by atoms with van der Waals surface area (Å²) in [6.45, 7) is 4.88. The number of nitrogens with zero attached hydrogens (tertiary/aromatic N) is 2. The van der Waals surface area contributed by atoms with Gasteiger partial charge in [0.15, 0.2) is 0 Å². The second kappa shape index (κ2) is 10.1. The molecule has 2 amide bonds. The molecule has 4 atom stereocenters. The third-order valence-electron chi connectivity index (χ3n) is 5.76. The van der Waals surface area contributed by atoms with Gasteiger partial charge in [0.05, 0.1) is 18.6 Å². The highest BCUT2D eigenvalue weighted by Gasteiger charge is 2.31. The summed E-state index contributed by atoms with van der Waals surface area (Å²) in [4.78, 5) is 39.4. The maximum Gasteiger partial charge on any atom is 0.308 e. The van der Waals surface area contributed by atoms with Crippen molar-refractivity contribution in [3.63, 3.8) is 0 Å². The summed E-state index contributed by atoms with van der Waals surface area (Å²) in [5.74, 6) is -1.12. The number of likely N-dealkylation sites (tertiary alicyclic amines) is 1. The molecule has 1 saturated carbocycles. The highest BCUT2D eigenvalue weighted by molar-refractivity contribution is 5.87. The molecule has 154 valence electrons. The lowest BCUT2D eigenvalue weighted by atomic mass is 9.88. The number of ether oxygens (including phenoxy) is 1. The minimum absolute atomic E-state index is 0.0356. The minimum Gasteiger partial charge on any atom is -0.481 e. The number of amides is 2. The Kier molecular flexibility index (Phi) is 8.07. The average Bonchev–Trinajstić information content (AvgIpc) is 2.65. The molecule has 2 fully saturated rings. The summed E-state index contributed by atoms with van der Waals surface area (Å²) in [5.41, 5.74) is 0. The largest absolute Gasteiger partial charge is 0.481 e. The van der Waals surface area contributed by atoms with Crippen LogP contribution in [0.4, 0.5) is 0 Å².